The van der Waals surface area contributed by atoms with Crippen LogP contribution < -0.4 is 18.9 Å². The van der Waals surface area contributed by atoms with Crippen molar-refractivity contribution in [2.75, 3.05) is 78.5 Å². The van der Waals surface area contributed by atoms with Gasteiger partial charge in [-0.05, 0) is 241 Å². The summed E-state index contributed by atoms with van der Waals surface area (Å²) in [6.07, 6.45) is 14.6. The van der Waals surface area contributed by atoms with E-state index in [9.17, 15) is 49.0 Å². The molecule has 4 saturated carbocycles. The van der Waals surface area contributed by atoms with Gasteiger partial charge in [0.15, 0.2) is 34.7 Å². The minimum absolute atomic E-state index is 0.0115. The summed E-state index contributed by atoms with van der Waals surface area (Å²) in [5, 5.41) is 58.0. The van der Waals surface area contributed by atoms with Crippen LogP contribution in [-0.2, 0) is 0 Å². The third-order valence-electron chi connectivity index (χ3n) is 22.6. The fourth-order valence-corrected chi connectivity index (χ4v) is 17.2. The molecule has 16 rings (SSSR count). The number of aromatic nitrogens is 4. The molecule has 0 amide bonds. The van der Waals surface area contributed by atoms with Crippen LogP contribution in [0.25, 0.3) is 0 Å². The number of Topliss-reactive ketones (excluding diaryl/α,β-unsaturated/α-hetero) is 2. The fraction of sp³-hybridized carbons (Fsp3) is 0.452. The van der Waals surface area contributed by atoms with E-state index in [4.69, 9.17) is 18.9 Å². The highest BCUT2D eigenvalue weighted by molar-refractivity contribution is 5.98. The Hall–Kier alpha value is -9.16. The van der Waals surface area contributed by atoms with E-state index in [2.05, 4.69) is 58.6 Å². The quantitative estimate of drug-likeness (QED) is 0.0388. The first-order valence-electron chi connectivity index (χ1n) is 37.3. The number of pyridine rings is 4. The monoisotopic (exact) mass is 1450 g/mol. The summed E-state index contributed by atoms with van der Waals surface area (Å²) in [5.41, 5.74) is 6.26. The number of fused-ring (bicyclic) bond motifs is 4. The van der Waals surface area contributed by atoms with Crippen LogP contribution in [0.5, 0.6) is 46.0 Å². The van der Waals surface area contributed by atoms with Gasteiger partial charge >= 0.3 is 0 Å². The molecule has 8 fully saturated rings. The number of phenolic OH excluding ortho intramolecular Hbond substituents is 3. The van der Waals surface area contributed by atoms with Crippen molar-refractivity contribution in [3.63, 3.8) is 0 Å². The number of β-amino-alcohol motifs (C(OH)–C–C–N with tert-alkyl or cyclic N) is 2. The van der Waals surface area contributed by atoms with Gasteiger partial charge in [-0.1, -0.05) is 35.9 Å². The molecule has 6 unspecified atom stereocenters. The summed E-state index contributed by atoms with van der Waals surface area (Å²) >= 11 is 0. The van der Waals surface area contributed by atoms with E-state index in [0.717, 1.165) is 155 Å². The van der Waals surface area contributed by atoms with E-state index in [1.807, 2.05) is 75.5 Å². The van der Waals surface area contributed by atoms with Crippen LogP contribution in [0.4, 0.5) is 8.78 Å². The number of halogens is 2. The first-order chi connectivity index (χ1) is 51.1. The molecule has 14 atom stereocenters. The summed E-state index contributed by atoms with van der Waals surface area (Å²) < 4.78 is 51.3. The molecule has 4 aromatic heterocycles. The Labute approximate surface area is 618 Å². The lowest BCUT2D eigenvalue weighted by Gasteiger charge is -2.22. The summed E-state index contributed by atoms with van der Waals surface area (Å²) in [6.45, 7) is 17.3. The van der Waals surface area contributed by atoms with Crippen LogP contribution in [0.1, 0.15) is 118 Å². The predicted molar refractivity (Wildman–Crippen MR) is 395 cm³/mol. The molecule has 4 saturated heterocycles. The highest BCUT2D eigenvalue weighted by Gasteiger charge is 2.46. The average Bonchev–Trinajstić information content (AvgIpc) is 1.68. The first kappa shape index (κ1) is 75.1. The van der Waals surface area contributed by atoms with Gasteiger partial charge in [0.1, 0.15) is 40.2 Å². The van der Waals surface area contributed by atoms with Crippen LogP contribution in [0.3, 0.4) is 0 Å². The molecular formula is C84H98F2N8O12. The maximum atomic E-state index is 13.5. The van der Waals surface area contributed by atoms with Gasteiger partial charge in [-0.25, -0.2) is 13.8 Å². The van der Waals surface area contributed by atoms with Crippen molar-refractivity contribution in [3.05, 3.63) is 215 Å². The Balaban J connectivity index is 0.000000125. The summed E-state index contributed by atoms with van der Waals surface area (Å²) in [6, 6.07) is 37.8. The zero-order valence-electron chi connectivity index (χ0n) is 60.7. The van der Waals surface area contributed by atoms with Crippen molar-refractivity contribution in [3.8, 4) is 46.0 Å². The molecule has 20 nitrogen and oxygen atoms in total. The van der Waals surface area contributed by atoms with Gasteiger partial charge in [0, 0.05) is 88.1 Å². The number of benzene rings is 4. The predicted octanol–water partition coefficient (Wildman–Crippen LogP) is 12.3. The van der Waals surface area contributed by atoms with Gasteiger partial charge in [0.2, 0.25) is 0 Å². The number of carbonyl (C=O) groups excluding carboxylic acids is 2. The topological polar surface area (TPSA) is 257 Å². The van der Waals surface area contributed by atoms with E-state index < -0.39 is 35.3 Å². The number of aromatic hydroxyl groups is 4. The molecule has 8 aliphatic rings. The Bertz CT molecular complexity index is 4170. The maximum absolute atomic E-state index is 13.5. The van der Waals surface area contributed by atoms with Crippen LogP contribution in [0, 0.1) is 86.7 Å². The Kier molecular flexibility index (Phi) is 24.2. The fourth-order valence-electron chi connectivity index (χ4n) is 17.2. The van der Waals surface area contributed by atoms with Crippen molar-refractivity contribution in [2.24, 2.45) is 47.3 Å². The summed E-state index contributed by atoms with van der Waals surface area (Å²) in [7, 11) is 0. The minimum Gasteiger partial charge on any atom is -0.508 e. The second-order valence-electron chi connectivity index (χ2n) is 30.7. The number of ether oxygens (including phenoxy) is 4. The number of nitrogens with zero attached hydrogens (tertiary/aromatic N) is 8. The number of hydrogen-bond donors (Lipinski definition) is 6. The molecular weight excluding hydrogens is 1350 g/mol. The van der Waals surface area contributed by atoms with Crippen molar-refractivity contribution in [1.29, 1.82) is 0 Å². The highest BCUT2D eigenvalue weighted by atomic mass is 19.1. The first-order valence-corrected chi connectivity index (χ1v) is 37.3. The van der Waals surface area contributed by atoms with E-state index in [1.165, 1.54) is 42.1 Å². The summed E-state index contributed by atoms with van der Waals surface area (Å²) in [4.78, 5) is 50.6. The number of carbonyl (C=O) groups is 2. The minimum atomic E-state index is -0.760. The van der Waals surface area contributed by atoms with Crippen molar-refractivity contribution < 1.29 is 68.0 Å². The molecule has 0 spiro atoms. The number of hydrogen-bond acceptors (Lipinski definition) is 20. The smallest absolute Gasteiger partial charge is 0.195 e. The lowest BCUT2D eigenvalue weighted by molar-refractivity contribution is 0.0925. The lowest BCUT2D eigenvalue weighted by atomic mass is 10.0. The maximum Gasteiger partial charge on any atom is 0.195 e. The number of aliphatic hydroxyl groups is 2. The molecule has 22 heteroatoms. The number of aryl methyl sites for hydroxylation is 4. The Morgan fingerprint density at radius 1 is 0.396 bits per heavy atom. The average molecular weight is 1450 g/mol. The molecule has 0 radical (unpaired) electrons. The molecule has 106 heavy (non-hydrogen) atoms. The third-order valence-corrected chi connectivity index (χ3v) is 22.6. The normalized spacial score (nSPS) is 25.7. The standard InChI is InChI=1S/C21H25FN2O3.C21H23FN2O3.C21H26N2O3.C21H24N2O3/c2*1-13-2-4-17(9-23-13)27-18-6-15-10-24(11-16(15)7-18)12-21(26)14-3-5-20(25)19(22)8-14;1-14-2-7-19(10-22-14)26-20-8-16-11-23(12-17(16)9-20)13-21(25)15-3-5-18(24)6-4-15;1-14-2-5-18(6-3-14)26-19-8-15-11-23(12-16(15)9-19)13-21(25)20-7-4-17(24)10-22-20/h2-5,8-9,15-16,18,21,25-26H,6-7,10-12H2,1H3;2-5,8-9,15-16,18,25H,6-7,10-12H2,1H3;2-7,10,16-17,20-21,24-25H,8-9,11-13H2,1H3;2-7,10,15-16,19,24H,8-9,11-13H2,1H3/t15-,16+,18?,21?;15-,16+,18?;16-,17+,20?,21?;15-,16+,19?. The third kappa shape index (κ3) is 19.9. The van der Waals surface area contributed by atoms with Crippen LogP contribution in [-0.4, -0.2) is 185 Å². The van der Waals surface area contributed by atoms with Gasteiger partial charge in [-0.3, -0.25) is 44.1 Å². The molecule has 0 bridgehead atoms. The molecule has 8 heterocycles. The van der Waals surface area contributed by atoms with Crippen LogP contribution >= 0.6 is 0 Å². The number of aliphatic hydroxyl groups excluding tert-OH is 2. The zero-order chi connectivity index (χ0) is 74.1. The van der Waals surface area contributed by atoms with Gasteiger partial charge in [-0.2, -0.15) is 0 Å². The molecule has 4 aromatic carbocycles. The summed E-state index contributed by atoms with van der Waals surface area (Å²) in [5.74, 6) is 6.05. The Morgan fingerprint density at radius 2 is 0.755 bits per heavy atom. The largest absolute Gasteiger partial charge is 0.508 e. The van der Waals surface area contributed by atoms with E-state index in [1.54, 1.807) is 48.8 Å². The molecule has 560 valence electrons. The molecule has 4 aliphatic heterocycles. The van der Waals surface area contributed by atoms with E-state index in [-0.39, 0.29) is 54.0 Å². The number of ketones is 2. The van der Waals surface area contributed by atoms with Gasteiger partial charge in [-0.15, -0.1) is 0 Å². The van der Waals surface area contributed by atoms with Crippen molar-refractivity contribution >= 4 is 11.6 Å². The number of phenols is 3. The highest BCUT2D eigenvalue weighted by Crippen LogP contribution is 2.44. The zero-order valence-corrected chi connectivity index (χ0v) is 60.7. The van der Waals surface area contributed by atoms with Crippen molar-refractivity contribution in [2.45, 2.75) is 116 Å². The SMILES string of the molecule is Cc1ccc(OC2C[C@@H]3CN(CC(=O)c4ccc(O)c(F)c4)C[C@@H]3C2)cn1.Cc1ccc(OC2C[C@@H]3CN(CC(=O)c4ccc(O)cn4)C[C@@H]3C2)cc1.Cc1ccc(OC2C[C@@H]3CN(CC(O)c4ccc(O)c(F)c4)C[C@@H]3C2)cn1.Cc1ccc(OC2C[C@@H]3CN(CC(O)c4ccc(O)cc4)C[C@@H]3C2)cn1. The van der Waals surface area contributed by atoms with Gasteiger partial charge in [0.05, 0.1) is 74.5 Å². The second kappa shape index (κ2) is 34.2. The Morgan fingerprint density at radius 3 is 1.14 bits per heavy atom. The molecule has 4 aliphatic carbocycles. The van der Waals surface area contributed by atoms with Gasteiger partial charge in [0.25, 0.3) is 0 Å². The van der Waals surface area contributed by atoms with Crippen LogP contribution in [0.2, 0.25) is 0 Å². The van der Waals surface area contributed by atoms with E-state index in [0.29, 0.717) is 83.8 Å². The van der Waals surface area contributed by atoms with Gasteiger partial charge < -0.3 is 49.6 Å². The lowest BCUT2D eigenvalue weighted by Crippen LogP contribution is -2.30. The number of likely N-dealkylation sites (tertiary alicyclic amines) is 4. The second-order valence-corrected chi connectivity index (χ2v) is 30.7. The van der Waals surface area contributed by atoms with Crippen LogP contribution in [0.15, 0.2) is 158 Å². The molecule has 6 N–H and O–H groups in total. The van der Waals surface area contributed by atoms with Crippen molar-refractivity contribution in [1.82, 2.24) is 39.5 Å². The number of rotatable bonds is 20. The van der Waals surface area contributed by atoms with E-state index >= 15 is 0 Å². The molecule has 8 aromatic rings.